The second-order valence-electron chi connectivity index (χ2n) is 3.17. The van der Waals surface area contributed by atoms with Gasteiger partial charge in [-0.25, -0.2) is 4.98 Å². The summed E-state index contributed by atoms with van der Waals surface area (Å²) in [4.78, 5) is 8.02. The van der Waals surface area contributed by atoms with Crippen LogP contribution < -0.4 is 10.1 Å². The van der Waals surface area contributed by atoms with E-state index >= 15 is 0 Å². The molecule has 1 aromatic heterocycles. The zero-order valence-electron chi connectivity index (χ0n) is 9.10. The van der Waals surface area contributed by atoms with Gasteiger partial charge in [0.15, 0.2) is 0 Å². The third-order valence-corrected chi connectivity index (χ3v) is 1.96. The minimum atomic E-state index is -0.680. The second-order valence-corrected chi connectivity index (χ2v) is 3.17. The SMILES string of the molecule is CCCNCC(O)c1nccnc1OC. The largest absolute Gasteiger partial charge is 0.480 e. The van der Waals surface area contributed by atoms with Crippen LogP contribution in [-0.2, 0) is 0 Å². The Labute approximate surface area is 89.5 Å². The van der Waals surface area contributed by atoms with Gasteiger partial charge in [0.1, 0.15) is 11.8 Å². The van der Waals surface area contributed by atoms with Gasteiger partial charge in [-0.15, -0.1) is 0 Å². The zero-order chi connectivity index (χ0) is 11.1. The quantitative estimate of drug-likeness (QED) is 0.671. The number of aliphatic hydroxyl groups excluding tert-OH is 1. The summed E-state index contributed by atoms with van der Waals surface area (Å²) in [5.41, 5.74) is 0.476. The second kappa shape index (κ2) is 6.31. The highest BCUT2D eigenvalue weighted by Gasteiger charge is 2.14. The Hall–Kier alpha value is -1.20. The van der Waals surface area contributed by atoms with Gasteiger partial charge in [0.05, 0.1) is 7.11 Å². The van der Waals surface area contributed by atoms with E-state index in [1.165, 1.54) is 13.3 Å². The molecule has 0 amide bonds. The normalized spacial score (nSPS) is 12.5. The fraction of sp³-hybridized carbons (Fsp3) is 0.600. The maximum absolute atomic E-state index is 9.81. The van der Waals surface area contributed by atoms with Gasteiger partial charge in [0.25, 0.3) is 0 Å². The third-order valence-electron chi connectivity index (χ3n) is 1.96. The lowest BCUT2D eigenvalue weighted by atomic mass is 10.2. The van der Waals surface area contributed by atoms with Crippen molar-refractivity contribution < 1.29 is 9.84 Å². The fourth-order valence-corrected chi connectivity index (χ4v) is 1.23. The van der Waals surface area contributed by atoms with E-state index in [4.69, 9.17) is 4.74 Å². The van der Waals surface area contributed by atoms with E-state index in [0.29, 0.717) is 18.1 Å². The Balaban J connectivity index is 2.59. The molecular weight excluding hydrogens is 194 g/mol. The van der Waals surface area contributed by atoms with Crippen LogP contribution >= 0.6 is 0 Å². The van der Waals surface area contributed by atoms with Crippen LogP contribution in [0.4, 0.5) is 0 Å². The lowest BCUT2D eigenvalue weighted by molar-refractivity contribution is 0.164. The molecule has 0 radical (unpaired) electrons. The van der Waals surface area contributed by atoms with E-state index in [1.807, 2.05) is 0 Å². The summed E-state index contributed by atoms with van der Waals surface area (Å²) >= 11 is 0. The predicted octanol–water partition coefficient (Wildman–Crippen LogP) is 0.518. The van der Waals surface area contributed by atoms with Crippen molar-refractivity contribution in [2.45, 2.75) is 19.4 Å². The van der Waals surface area contributed by atoms with Gasteiger partial charge in [0, 0.05) is 18.9 Å². The lowest BCUT2D eigenvalue weighted by Gasteiger charge is -2.12. The third kappa shape index (κ3) is 3.45. The summed E-state index contributed by atoms with van der Waals surface area (Å²) in [5, 5.41) is 12.9. The Morgan fingerprint density at radius 1 is 1.47 bits per heavy atom. The first-order chi connectivity index (χ1) is 7.29. The molecule has 15 heavy (non-hydrogen) atoms. The summed E-state index contributed by atoms with van der Waals surface area (Å²) in [6, 6.07) is 0. The first-order valence-electron chi connectivity index (χ1n) is 5.03. The number of rotatable bonds is 6. The number of methoxy groups -OCH3 is 1. The molecule has 0 aliphatic rings. The molecule has 1 unspecified atom stereocenters. The van der Waals surface area contributed by atoms with Gasteiger partial charge in [-0.1, -0.05) is 6.92 Å². The molecule has 1 rings (SSSR count). The summed E-state index contributed by atoms with van der Waals surface area (Å²) in [7, 11) is 1.51. The molecule has 0 aliphatic carbocycles. The van der Waals surface area contributed by atoms with Gasteiger partial charge < -0.3 is 15.2 Å². The number of hydrogen-bond acceptors (Lipinski definition) is 5. The molecule has 0 saturated heterocycles. The molecular formula is C10H17N3O2. The molecule has 84 valence electrons. The summed E-state index contributed by atoms with van der Waals surface area (Å²) in [6.45, 7) is 3.41. The minimum Gasteiger partial charge on any atom is -0.480 e. The highest BCUT2D eigenvalue weighted by atomic mass is 16.5. The molecule has 1 aromatic rings. The molecule has 0 aliphatic heterocycles. The van der Waals surface area contributed by atoms with Gasteiger partial charge in [-0.3, -0.25) is 4.98 Å². The Kier molecular flexibility index (Phi) is 5.00. The van der Waals surface area contributed by atoms with Crippen LogP contribution in [0.1, 0.15) is 25.1 Å². The Morgan fingerprint density at radius 2 is 2.20 bits per heavy atom. The standard InChI is InChI=1S/C10H17N3O2/c1-3-4-11-7-8(14)9-10(15-2)13-6-5-12-9/h5-6,8,11,14H,3-4,7H2,1-2H3. The van der Waals surface area contributed by atoms with E-state index in [2.05, 4.69) is 22.2 Å². The van der Waals surface area contributed by atoms with Crippen LogP contribution in [-0.4, -0.2) is 35.3 Å². The van der Waals surface area contributed by atoms with Crippen LogP contribution in [0.15, 0.2) is 12.4 Å². The first kappa shape index (κ1) is 11.9. The molecule has 0 saturated carbocycles. The Morgan fingerprint density at radius 3 is 2.87 bits per heavy atom. The van der Waals surface area contributed by atoms with E-state index < -0.39 is 6.10 Å². The topological polar surface area (TPSA) is 67.3 Å². The first-order valence-corrected chi connectivity index (χ1v) is 5.03. The maximum atomic E-state index is 9.81. The van der Waals surface area contributed by atoms with Crippen molar-refractivity contribution >= 4 is 0 Å². The van der Waals surface area contributed by atoms with Crippen molar-refractivity contribution in [3.63, 3.8) is 0 Å². The molecule has 5 heteroatoms. The average molecular weight is 211 g/mol. The minimum absolute atomic E-state index is 0.378. The van der Waals surface area contributed by atoms with Crippen LogP contribution in [0, 0.1) is 0 Å². The fourth-order valence-electron chi connectivity index (χ4n) is 1.23. The van der Waals surface area contributed by atoms with Crippen molar-refractivity contribution in [2.75, 3.05) is 20.2 Å². The van der Waals surface area contributed by atoms with Crippen molar-refractivity contribution in [2.24, 2.45) is 0 Å². The smallest absolute Gasteiger partial charge is 0.238 e. The van der Waals surface area contributed by atoms with Gasteiger partial charge in [0.2, 0.25) is 5.88 Å². The number of hydrogen-bond donors (Lipinski definition) is 2. The van der Waals surface area contributed by atoms with Gasteiger partial charge in [-0.2, -0.15) is 0 Å². The summed E-state index contributed by atoms with van der Waals surface area (Å²) in [6.07, 6.45) is 3.43. The average Bonchev–Trinajstić information content (AvgIpc) is 2.29. The van der Waals surface area contributed by atoms with Crippen molar-refractivity contribution in [1.82, 2.24) is 15.3 Å². The van der Waals surface area contributed by atoms with E-state index in [-0.39, 0.29) is 0 Å². The number of ether oxygens (including phenoxy) is 1. The van der Waals surface area contributed by atoms with E-state index in [9.17, 15) is 5.11 Å². The van der Waals surface area contributed by atoms with Crippen LogP contribution in [0.3, 0.4) is 0 Å². The predicted molar refractivity (Wildman–Crippen MR) is 56.7 cm³/mol. The molecule has 2 N–H and O–H groups in total. The van der Waals surface area contributed by atoms with E-state index in [0.717, 1.165) is 13.0 Å². The maximum Gasteiger partial charge on any atom is 0.238 e. The molecule has 0 bridgehead atoms. The molecule has 5 nitrogen and oxygen atoms in total. The highest BCUT2D eigenvalue weighted by Crippen LogP contribution is 2.18. The molecule has 1 atom stereocenters. The summed E-state index contributed by atoms with van der Waals surface area (Å²) < 4.78 is 5.01. The highest BCUT2D eigenvalue weighted by molar-refractivity contribution is 5.19. The zero-order valence-corrected chi connectivity index (χ0v) is 9.10. The van der Waals surface area contributed by atoms with Crippen molar-refractivity contribution in [3.8, 4) is 5.88 Å². The number of nitrogens with zero attached hydrogens (tertiary/aromatic N) is 2. The van der Waals surface area contributed by atoms with Crippen LogP contribution in [0.2, 0.25) is 0 Å². The Bertz CT molecular complexity index is 294. The molecule has 0 fully saturated rings. The van der Waals surface area contributed by atoms with Crippen LogP contribution in [0.25, 0.3) is 0 Å². The lowest BCUT2D eigenvalue weighted by Crippen LogP contribution is -2.23. The number of aliphatic hydroxyl groups is 1. The van der Waals surface area contributed by atoms with E-state index in [1.54, 1.807) is 6.20 Å². The molecule has 0 spiro atoms. The van der Waals surface area contributed by atoms with Gasteiger partial charge >= 0.3 is 0 Å². The monoisotopic (exact) mass is 211 g/mol. The summed E-state index contributed by atoms with van der Waals surface area (Å²) in [5.74, 6) is 0.378. The molecule has 0 aromatic carbocycles. The van der Waals surface area contributed by atoms with Crippen molar-refractivity contribution in [3.05, 3.63) is 18.1 Å². The van der Waals surface area contributed by atoms with Crippen molar-refractivity contribution in [1.29, 1.82) is 0 Å². The molecule has 1 heterocycles. The number of nitrogens with one attached hydrogen (secondary N) is 1. The van der Waals surface area contributed by atoms with Crippen LogP contribution in [0.5, 0.6) is 5.88 Å². The number of aromatic nitrogens is 2. The van der Waals surface area contributed by atoms with Gasteiger partial charge in [-0.05, 0) is 13.0 Å².